The SMILES string of the molecule is COC(=O)CCNS(=O)(=O)c1cc(C(=O)O)cc(F)c1F. The summed E-state index contributed by atoms with van der Waals surface area (Å²) >= 11 is 0. The minimum absolute atomic E-state index is 0.321. The van der Waals surface area contributed by atoms with Crippen molar-refractivity contribution in [1.82, 2.24) is 4.72 Å². The first-order valence-corrected chi connectivity index (χ1v) is 6.96. The van der Waals surface area contributed by atoms with Crippen molar-refractivity contribution in [2.75, 3.05) is 13.7 Å². The summed E-state index contributed by atoms with van der Waals surface area (Å²) < 4.78 is 56.4. The number of halogens is 2. The number of aromatic carboxylic acids is 1. The molecule has 0 aliphatic carbocycles. The summed E-state index contributed by atoms with van der Waals surface area (Å²) in [6.07, 6.45) is -0.321. The van der Waals surface area contributed by atoms with Crippen LogP contribution in [0, 0.1) is 11.6 Å². The summed E-state index contributed by atoms with van der Waals surface area (Å²) in [7, 11) is -3.41. The standard InChI is InChI=1S/C11H11F2NO6S/c1-20-9(15)2-3-14-21(18,19)8-5-6(11(16)17)4-7(12)10(8)13/h4-5,14H,2-3H2,1H3,(H,16,17). The molecule has 0 amide bonds. The lowest BCUT2D eigenvalue weighted by Gasteiger charge is -2.08. The summed E-state index contributed by atoms with van der Waals surface area (Å²) in [4.78, 5) is 20.4. The van der Waals surface area contributed by atoms with E-state index in [4.69, 9.17) is 5.11 Å². The summed E-state index contributed by atoms with van der Waals surface area (Å²) in [5.41, 5.74) is -0.720. The number of carboxylic acids is 1. The highest BCUT2D eigenvalue weighted by molar-refractivity contribution is 7.89. The Bertz CT molecular complexity index is 674. The Balaban J connectivity index is 3.07. The topological polar surface area (TPSA) is 110 Å². The average molecular weight is 323 g/mol. The molecule has 1 aromatic rings. The normalized spacial score (nSPS) is 11.2. The molecule has 0 radical (unpaired) electrons. The monoisotopic (exact) mass is 323 g/mol. The third kappa shape index (κ3) is 4.20. The Kier molecular flexibility index (Phi) is 5.33. The Morgan fingerprint density at radius 3 is 2.48 bits per heavy atom. The van der Waals surface area contributed by atoms with Crippen LogP contribution in [0.25, 0.3) is 0 Å². The molecule has 7 nitrogen and oxygen atoms in total. The number of benzene rings is 1. The van der Waals surface area contributed by atoms with E-state index in [1.807, 2.05) is 4.72 Å². The van der Waals surface area contributed by atoms with Crippen LogP contribution in [-0.2, 0) is 19.6 Å². The second-order valence-electron chi connectivity index (χ2n) is 3.80. The Morgan fingerprint density at radius 1 is 1.33 bits per heavy atom. The number of rotatable bonds is 6. The van der Waals surface area contributed by atoms with E-state index in [1.165, 1.54) is 0 Å². The molecule has 116 valence electrons. The fraction of sp³-hybridized carbons (Fsp3) is 0.273. The molecule has 1 rings (SSSR count). The van der Waals surface area contributed by atoms with E-state index >= 15 is 0 Å². The van der Waals surface area contributed by atoms with Crippen LogP contribution in [0.5, 0.6) is 0 Å². The Labute approximate surface area is 118 Å². The van der Waals surface area contributed by atoms with Gasteiger partial charge in [-0.2, -0.15) is 0 Å². The predicted molar refractivity (Wildman–Crippen MR) is 65.1 cm³/mol. The summed E-state index contributed by atoms with van der Waals surface area (Å²) in [6, 6.07) is 0.854. The van der Waals surface area contributed by atoms with Crippen LogP contribution in [0.2, 0.25) is 0 Å². The number of esters is 1. The van der Waals surface area contributed by atoms with Gasteiger partial charge in [0.05, 0.1) is 19.1 Å². The van der Waals surface area contributed by atoms with Gasteiger partial charge < -0.3 is 9.84 Å². The number of nitrogens with one attached hydrogen (secondary N) is 1. The maximum Gasteiger partial charge on any atom is 0.335 e. The molecular formula is C11H11F2NO6S. The quantitative estimate of drug-likeness (QED) is 0.738. The maximum atomic E-state index is 13.5. The van der Waals surface area contributed by atoms with Crippen LogP contribution in [0.15, 0.2) is 17.0 Å². The average Bonchev–Trinajstić information content (AvgIpc) is 2.40. The van der Waals surface area contributed by atoms with Crippen LogP contribution in [0.1, 0.15) is 16.8 Å². The number of carbonyl (C=O) groups excluding carboxylic acids is 1. The lowest BCUT2D eigenvalue weighted by Crippen LogP contribution is -2.28. The second-order valence-corrected chi connectivity index (χ2v) is 5.53. The third-order valence-electron chi connectivity index (χ3n) is 2.38. The highest BCUT2D eigenvalue weighted by Crippen LogP contribution is 2.20. The predicted octanol–water partition coefficient (Wildman–Crippen LogP) is 0.504. The minimum Gasteiger partial charge on any atom is -0.478 e. The molecule has 10 heteroatoms. The first kappa shape index (κ1) is 17.0. The lowest BCUT2D eigenvalue weighted by molar-refractivity contribution is -0.140. The van der Waals surface area contributed by atoms with Gasteiger partial charge in [0.25, 0.3) is 0 Å². The van der Waals surface area contributed by atoms with E-state index in [0.717, 1.165) is 7.11 Å². The number of carboxylic acid groups (broad SMARTS) is 1. The van der Waals surface area contributed by atoms with Crippen molar-refractivity contribution < 1.29 is 36.6 Å². The number of ether oxygens (including phenoxy) is 1. The zero-order valence-corrected chi connectivity index (χ0v) is 11.5. The van der Waals surface area contributed by atoms with Crippen LogP contribution in [-0.4, -0.2) is 39.1 Å². The molecule has 0 saturated heterocycles. The number of hydrogen-bond donors (Lipinski definition) is 2. The smallest absolute Gasteiger partial charge is 0.335 e. The molecule has 1 aromatic carbocycles. The molecule has 21 heavy (non-hydrogen) atoms. The van der Waals surface area contributed by atoms with Gasteiger partial charge in [0.1, 0.15) is 4.90 Å². The van der Waals surface area contributed by atoms with Crippen molar-refractivity contribution in [3.8, 4) is 0 Å². The molecule has 0 saturated carbocycles. The van der Waals surface area contributed by atoms with Crippen LogP contribution < -0.4 is 4.72 Å². The third-order valence-corrected chi connectivity index (χ3v) is 3.84. The summed E-state index contributed by atoms with van der Waals surface area (Å²) in [6.45, 7) is -0.409. The zero-order chi connectivity index (χ0) is 16.2. The van der Waals surface area contributed by atoms with Gasteiger partial charge in [0.2, 0.25) is 10.0 Å². The van der Waals surface area contributed by atoms with Gasteiger partial charge in [-0.15, -0.1) is 0 Å². The zero-order valence-electron chi connectivity index (χ0n) is 10.7. The molecule has 0 bridgehead atoms. The highest BCUT2D eigenvalue weighted by atomic mass is 32.2. The molecule has 2 N–H and O–H groups in total. The van der Waals surface area contributed by atoms with E-state index in [1.54, 1.807) is 0 Å². The maximum absolute atomic E-state index is 13.5. The Morgan fingerprint density at radius 2 is 1.95 bits per heavy atom. The molecule has 0 aromatic heterocycles. The summed E-state index contributed by atoms with van der Waals surface area (Å²) in [5, 5.41) is 8.71. The molecule has 0 fully saturated rings. The first-order chi connectivity index (χ1) is 9.69. The Hall–Kier alpha value is -2.07. The van der Waals surface area contributed by atoms with Crippen molar-refractivity contribution in [3.05, 3.63) is 29.3 Å². The summed E-state index contributed by atoms with van der Waals surface area (Å²) in [5.74, 6) is -5.63. The number of carbonyl (C=O) groups is 2. The number of methoxy groups -OCH3 is 1. The van der Waals surface area contributed by atoms with Gasteiger partial charge in [-0.1, -0.05) is 0 Å². The fourth-order valence-electron chi connectivity index (χ4n) is 1.35. The molecule has 0 aliphatic rings. The van der Waals surface area contributed by atoms with Crippen molar-refractivity contribution >= 4 is 22.0 Å². The molecular weight excluding hydrogens is 312 g/mol. The molecule has 0 aliphatic heterocycles. The highest BCUT2D eigenvalue weighted by Gasteiger charge is 2.24. The van der Waals surface area contributed by atoms with Gasteiger partial charge in [-0.3, -0.25) is 4.79 Å². The van der Waals surface area contributed by atoms with Gasteiger partial charge >= 0.3 is 11.9 Å². The van der Waals surface area contributed by atoms with Crippen molar-refractivity contribution in [2.24, 2.45) is 0 Å². The van der Waals surface area contributed by atoms with Gasteiger partial charge in [-0.05, 0) is 12.1 Å². The second kappa shape index (κ2) is 6.59. The fourth-order valence-corrected chi connectivity index (χ4v) is 2.49. The van der Waals surface area contributed by atoms with E-state index in [9.17, 15) is 26.8 Å². The van der Waals surface area contributed by atoms with Crippen molar-refractivity contribution in [2.45, 2.75) is 11.3 Å². The van der Waals surface area contributed by atoms with Crippen LogP contribution in [0.3, 0.4) is 0 Å². The molecule has 0 spiro atoms. The van der Waals surface area contributed by atoms with E-state index in [-0.39, 0.29) is 6.42 Å². The molecule has 0 unspecified atom stereocenters. The van der Waals surface area contributed by atoms with E-state index in [2.05, 4.69) is 4.74 Å². The van der Waals surface area contributed by atoms with Gasteiger partial charge in [0.15, 0.2) is 11.6 Å². The van der Waals surface area contributed by atoms with Crippen molar-refractivity contribution in [3.63, 3.8) is 0 Å². The van der Waals surface area contributed by atoms with Gasteiger partial charge in [-0.25, -0.2) is 26.7 Å². The van der Waals surface area contributed by atoms with Crippen LogP contribution in [0.4, 0.5) is 8.78 Å². The lowest BCUT2D eigenvalue weighted by atomic mass is 10.2. The molecule has 0 heterocycles. The largest absolute Gasteiger partial charge is 0.478 e. The van der Waals surface area contributed by atoms with E-state index < -0.39 is 50.6 Å². The van der Waals surface area contributed by atoms with Crippen LogP contribution >= 0.6 is 0 Å². The number of hydrogen-bond acceptors (Lipinski definition) is 5. The number of sulfonamides is 1. The van der Waals surface area contributed by atoms with Gasteiger partial charge in [0, 0.05) is 6.54 Å². The minimum atomic E-state index is -4.51. The van der Waals surface area contributed by atoms with Crippen molar-refractivity contribution in [1.29, 1.82) is 0 Å². The molecule has 0 atom stereocenters. The van der Waals surface area contributed by atoms with E-state index in [0.29, 0.717) is 12.1 Å². The first-order valence-electron chi connectivity index (χ1n) is 5.48.